The maximum Gasteiger partial charge on any atom is 0.129 e. The second kappa shape index (κ2) is 7.42. The van der Waals surface area contributed by atoms with Gasteiger partial charge in [-0.05, 0) is 34.9 Å². The van der Waals surface area contributed by atoms with Crippen LogP contribution in [0, 0.1) is 0 Å². The van der Waals surface area contributed by atoms with Crippen LogP contribution in [-0.2, 0) is 0 Å². The van der Waals surface area contributed by atoms with E-state index in [1.165, 1.54) is 16.7 Å². The number of hydrogen-bond donors (Lipinski definition) is 2. The number of benzene rings is 3. The van der Waals surface area contributed by atoms with Crippen LogP contribution in [0.1, 0.15) is 46.2 Å². The number of hydrogen-bond acceptors (Lipinski definition) is 5. The Hall–Kier alpha value is -2.70. The molecule has 0 aliphatic carbocycles. The molecule has 2 N–H and O–H groups in total. The minimum atomic E-state index is 0.0559. The van der Waals surface area contributed by atoms with Gasteiger partial charge in [0.15, 0.2) is 0 Å². The number of anilines is 2. The molecule has 4 atom stereocenters. The zero-order chi connectivity index (χ0) is 22.0. The molecule has 6 rings (SSSR count). The highest BCUT2D eigenvalue weighted by atomic mass is 79.9. The molecule has 32 heavy (non-hydrogen) atoms. The molecule has 0 radical (unpaired) electrons. The lowest BCUT2D eigenvalue weighted by Crippen LogP contribution is -2.46. The summed E-state index contributed by atoms with van der Waals surface area (Å²) in [5, 5.41) is 14.1. The number of aliphatic hydroxyl groups is 1. The smallest absolute Gasteiger partial charge is 0.129 e. The second-order valence-electron chi connectivity index (χ2n) is 8.75. The van der Waals surface area contributed by atoms with Gasteiger partial charge in [-0.3, -0.25) is 0 Å². The second-order valence-corrected chi connectivity index (χ2v) is 9.66. The Morgan fingerprint density at radius 3 is 2.59 bits per heavy atom. The van der Waals surface area contributed by atoms with Crippen molar-refractivity contribution < 1.29 is 14.6 Å². The van der Waals surface area contributed by atoms with Crippen molar-refractivity contribution in [1.29, 1.82) is 0 Å². The number of ether oxygens (including phenoxy) is 2. The van der Waals surface area contributed by atoms with E-state index in [9.17, 15) is 5.11 Å². The van der Waals surface area contributed by atoms with Gasteiger partial charge in [0.25, 0.3) is 0 Å². The van der Waals surface area contributed by atoms with Crippen LogP contribution in [0.3, 0.4) is 0 Å². The lowest BCUT2D eigenvalue weighted by atomic mass is 9.71. The quantitative estimate of drug-likeness (QED) is 0.514. The Kier molecular flexibility index (Phi) is 4.63. The molecule has 5 nitrogen and oxygen atoms in total. The molecular formula is C26H25BrN2O3. The molecular weight excluding hydrogens is 468 g/mol. The van der Waals surface area contributed by atoms with Crippen LogP contribution < -0.4 is 19.7 Å². The Bertz CT molecular complexity index is 1210. The van der Waals surface area contributed by atoms with E-state index in [1.807, 2.05) is 6.07 Å². The standard InChI is InChI=1S/C26H25BrN2O3/c1-31-16-10-21-24(22(11-16)32-2)25-23(19-9-15(27)7-8-20(19)28-25)26-18-6-4-3-5-17(18)14(13-30)12-29(21)26/h3-11,14,23,25-26,28,30H,12-13H2,1-2H3/t14-,23+,25-,26+/m1/s1. The molecule has 3 aromatic carbocycles. The molecule has 3 aliphatic rings. The molecule has 0 saturated heterocycles. The van der Waals surface area contributed by atoms with Crippen molar-refractivity contribution in [1.82, 2.24) is 0 Å². The summed E-state index contributed by atoms with van der Waals surface area (Å²) in [6.07, 6.45) is 0. The molecule has 0 spiro atoms. The summed E-state index contributed by atoms with van der Waals surface area (Å²) in [4.78, 5) is 2.46. The van der Waals surface area contributed by atoms with Gasteiger partial charge in [0, 0.05) is 51.9 Å². The van der Waals surface area contributed by atoms with Crippen LogP contribution in [0.2, 0.25) is 0 Å². The van der Waals surface area contributed by atoms with E-state index in [2.05, 4.69) is 74.7 Å². The lowest BCUT2D eigenvalue weighted by Gasteiger charge is -2.50. The maximum atomic E-state index is 10.3. The van der Waals surface area contributed by atoms with Crippen LogP contribution in [0.25, 0.3) is 0 Å². The first-order valence-corrected chi connectivity index (χ1v) is 11.7. The highest BCUT2D eigenvalue weighted by Crippen LogP contribution is 2.62. The van der Waals surface area contributed by atoms with Gasteiger partial charge >= 0.3 is 0 Å². The van der Waals surface area contributed by atoms with Gasteiger partial charge in [-0.15, -0.1) is 0 Å². The molecule has 0 aromatic heterocycles. The largest absolute Gasteiger partial charge is 0.497 e. The number of fused-ring (bicyclic) bond motifs is 10. The highest BCUT2D eigenvalue weighted by molar-refractivity contribution is 9.10. The van der Waals surface area contributed by atoms with Crippen LogP contribution in [-0.4, -0.2) is 32.5 Å². The van der Waals surface area contributed by atoms with Gasteiger partial charge in [0.1, 0.15) is 11.5 Å². The molecule has 0 unspecified atom stereocenters. The fourth-order valence-corrected chi connectivity index (χ4v) is 6.35. The Morgan fingerprint density at radius 1 is 1.03 bits per heavy atom. The fourth-order valence-electron chi connectivity index (χ4n) is 5.97. The van der Waals surface area contributed by atoms with Gasteiger partial charge < -0.3 is 24.8 Å². The van der Waals surface area contributed by atoms with Crippen molar-refractivity contribution in [3.63, 3.8) is 0 Å². The molecule has 0 fully saturated rings. The molecule has 6 heteroatoms. The van der Waals surface area contributed by atoms with Crippen LogP contribution in [0.4, 0.5) is 11.4 Å². The van der Waals surface area contributed by atoms with E-state index in [0.29, 0.717) is 0 Å². The van der Waals surface area contributed by atoms with Crippen molar-refractivity contribution in [2.24, 2.45) is 0 Å². The molecule has 0 saturated carbocycles. The predicted octanol–water partition coefficient (Wildman–Crippen LogP) is 5.37. The van der Waals surface area contributed by atoms with E-state index in [0.717, 1.165) is 39.5 Å². The van der Waals surface area contributed by atoms with Gasteiger partial charge in [-0.1, -0.05) is 40.2 Å². The van der Waals surface area contributed by atoms with E-state index in [1.54, 1.807) is 14.2 Å². The normalized spacial score (nSPS) is 24.4. The number of nitrogens with zero attached hydrogens (tertiary/aromatic N) is 1. The zero-order valence-electron chi connectivity index (χ0n) is 18.0. The number of nitrogens with one attached hydrogen (secondary N) is 1. The van der Waals surface area contributed by atoms with Gasteiger partial charge in [-0.25, -0.2) is 0 Å². The zero-order valence-corrected chi connectivity index (χ0v) is 19.6. The Balaban J connectivity index is 1.65. The monoisotopic (exact) mass is 492 g/mol. The SMILES string of the molecule is COc1cc(OC)c2c(c1)N1C[C@H](CO)c3ccccc3[C@H]1[C@H]1c3cc(Br)ccc3N[C@@H]21. The summed E-state index contributed by atoms with van der Waals surface area (Å²) in [5.41, 5.74) is 7.26. The van der Waals surface area contributed by atoms with Gasteiger partial charge in [0.2, 0.25) is 0 Å². The molecule has 3 aliphatic heterocycles. The summed E-state index contributed by atoms with van der Waals surface area (Å²) in [7, 11) is 3.41. The number of aliphatic hydroxyl groups excluding tert-OH is 1. The summed E-state index contributed by atoms with van der Waals surface area (Å²) < 4.78 is 12.6. The third-order valence-electron chi connectivity index (χ3n) is 7.28. The third-order valence-corrected chi connectivity index (χ3v) is 7.77. The summed E-state index contributed by atoms with van der Waals surface area (Å²) in [6, 6.07) is 19.4. The maximum absolute atomic E-state index is 10.3. The van der Waals surface area contributed by atoms with Crippen molar-refractivity contribution in [3.05, 3.63) is 81.3 Å². The average Bonchev–Trinajstić information content (AvgIpc) is 3.20. The van der Waals surface area contributed by atoms with E-state index < -0.39 is 0 Å². The molecule has 0 bridgehead atoms. The summed E-state index contributed by atoms with van der Waals surface area (Å²) in [5.74, 6) is 1.86. The predicted molar refractivity (Wildman–Crippen MR) is 129 cm³/mol. The molecule has 3 aromatic rings. The van der Waals surface area contributed by atoms with Crippen LogP contribution in [0.5, 0.6) is 11.5 Å². The molecule has 164 valence electrons. The summed E-state index contributed by atoms with van der Waals surface area (Å²) in [6.45, 7) is 0.860. The average molecular weight is 493 g/mol. The Morgan fingerprint density at radius 2 is 1.84 bits per heavy atom. The van der Waals surface area contributed by atoms with Crippen molar-refractivity contribution in [2.45, 2.75) is 23.9 Å². The summed E-state index contributed by atoms with van der Waals surface area (Å²) >= 11 is 3.69. The third kappa shape index (κ3) is 2.72. The number of methoxy groups -OCH3 is 2. The first-order chi connectivity index (χ1) is 15.6. The van der Waals surface area contributed by atoms with E-state index in [4.69, 9.17) is 9.47 Å². The topological polar surface area (TPSA) is 54.0 Å². The lowest BCUT2D eigenvalue weighted by molar-refractivity contribution is 0.253. The van der Waals surface area contributed by atoms with Crippen LogP contribution >= 0.6 is 15.9 Å². The van der Waals surface area contributed by atoms with Crippen molar-refractivity contribution in [3.8, 4) is 11.5 Å². The minimum Gasteiger partial charge on any atom is -0.497 e. The molecule has 3 heterocycles. The van der Waals surface area contributed by atoms with Crippen molar-refractivity contribution >= 4 is 27.3 Å². The number of rotatable bonds is 3. The first-order valence-electron chi connectivity index (χ1n) is 10.9. The van der Waals surface area contributed by atoms with Gasteiger partial charge in [-0.2, -0.15) is 0 Å². The Labute approximate surface area is 196 Å². The highest BCUT2D eigenvalue weighted by Gasteiger charge is 2.51. The first kappa shape index (κ1) is 19.9. The van der Waals surface area contributed by atoms with E-state index >= 15 is 0 Å². The number of halogens is 1. The minimum absolute atomic E-state index is 0.0559. The fraction of sp³-hybridized carbons (Fsp3) is 0.308. The van der Waals surface area contributed by atoms with E-state index in [-0.39, 0.29) is 30.5 Å². The van der Waals surface area contributed by atoms with Crippen molar-refractivity contribution in [2.75, 3.05) is 37.6 Å². The molecule has 0 amide bonds. The van der Waals surface area contributed by atoms with Crippen LogP contribution in [0.15, 0.2) is 59.1 Å². The van der Waals surface area contributed by atoms with Gasteiger partial charge in [0.05, 0.1) is 32.9 Å².